The number of carbonyl (C=O) groups excluding carboxylic acids is 2. The van der Waals surface area contributed by atoms with Gasteiger partial charge in [-0.3, -0.25) is 14.6 Å². The van der Waals surface area contributed by atoms with E-state index in [2.05, 4.69) is 10.3 Å². The maximum absolute atomic E-state index is 12.2. The van der Waals surface area contributed by atoms with Gasteiger partial charge in [0.05, 0.1) is 11.6 Å². The maximum atomic E-state index is 12.2. The predicted octanol–water partition coefficient (Wildman–Crippen LogP) is 1.67. The minimum atomic E-state index is -0.671. The van der Waals surface area contributed by atoms with Gasteiger partial charge in [0.25, 0.3) is 11.8 Å². The van der Waals surface area contributed by atoms with Crippen molar-refractivity contribution < 1.29 is 9.59 Å². The van der Waals surface area contributed by atoms with Crippen LogP contribution in [0.3, 0.4) is 0 Å². The summed E-state index contributed by atoms with van der Waals surface area (Å²) in [5.74, 6) is -1.09. The molecule has 0 aliphatic rings. The maximum Gasteiger partial charge on any atom is 0.271 e. The molecule has 1 aromatic carbocycles. The lowest BCUT2D eigenvalue weighted by Crippen LogP contribution is -2.30. The lowest BCUT2D eigenvalue weighted by Gasteiger charge is -2.14. The van der Waals surface area contributed by atoms with Gasteiger partial charge in [-0.1, -0.05) is 30.3 Å². The molecule has 1 aromatic heterocycles. The number of primary amides is 1. The Kier molecular flexibility index (Phi) is 4.10. The van der Waals surface area contributed by atoms with Gasteiger partial charge in [0.2, 0.25) is 0 Å². The summed E-state index contributed by atoms with van der Waals surface area (Å²) in [5.41, 5.74) is 6.37. The van der Waals surface area contributed by atoms with E-state index in [0.717, 1.165) is 5.56 Å². The molecule has 1 atom stereocenters. The molecule has 0 aliphatic carbocycles. The molecule has 20 heavy (non-hydrogen) atoms. The van der Waals surface area contributed by atoms with Crippen LogP contribution in [0, 0.1) is 0 Å². The molecule has 0 saturated carbocycles. The van der Waals surface area contributed by atoms with E-state index >= 15 is 0 Å². The fourth-order valence-corrected chi connectivity index (χ4v) is 1.88. The van der Waals surface area contributed by atoms with E-state index < -0.39 is 11.8 Å². The summed E-state index contributed by atoms with van der Waals surface area (Å²) in [6.45, 7) is 1.86. The number of hydrogen-bond acceptors (Lipinski definition) is 3. The highest BCUT2D eigenvalue weighted by atomic mass is 16.2. The van der Waals surface area contributed by atoms with Gasteiger partial charge in [0.1, 0.15) is 5.69 Å². The molecule has 0 aliphatic heterocycles. The zero-order chi connectivity index (χ0) is 14.5. The lowest BCUT2D eigenvalue weighted by molar-refractivity contribution is 0.0919. The van der Waals surface area contributed by atoms with Crippen LogP contribution in [0.2, 0.25) is 0 Å². The number of rotatable bonds is 4. The van der Waals surface area contributed by atoms with Crippen LogP contribution in [0.1, 0.15) is 39.4 Å². The van der Waals surface area contributed by atoms with Crippen LogP contribution in [0.4, 0.5) is 0 Å². The summed E-state index contributed by atoms with van der Waals surface area (Å²) in [6.07, 6.45) is 1.45. The number of nitrogens with zero attached hydrogens (tertiary/aromatic N) is 1. The molecule has 102 valence electrons. The van der Waals surface area contributed by atoms with E-state index in [1.54, 1.807) is 6.07 Å². The third-order valence-electron chi connectivity index (χ3n) is 2.94. The first kappa shape index (κ1) is 13.7. The Hall–Kier alpha value is -2.69. The monoisotopic (exact) mass is 269 g/mol. The van der Waals surface area contributed by atoms with Gasteiger partial charge in [0.15, 0.2) is 0 Å². The average molecular weight is 269 g/mol. The van der Waals surface area contributed by atoms with E-state index in [0.29, 0.717) is 0 Å². The van der Waals surface area contributed by atoms with Crippen molar-refractivity contribution in [3.63, 3.8) is 0 Å². The summed E-state index contributed by atoms with van der Waals surface area (Å²) in [7, 11) is 0. The van der Waals surface area contributed by atoms with Crippen LogP contribution in [0.25, 0.3) is 0 Å². The summed E-state index contributed by atoms with van der Waals surface area (Å²) in [5, 5.41) is 2.80. The lowest BCUT2D eigenvalue weighted by atomic mass is 10.1. The molecular formula is C15H15N3O2. The molecule has 5 nitrogen and oxygen atoms in total. The van der Waals surface area contributed by atoms with E-state index in [4.69, 9.17) is 5.73 Å². The minimum absolute atomic E-state index is 0.0442. The van der Waals surface area contributed by atoms with Gasteiger partial charge in [-0.05, 0) is 24.6 Å². The minimum Gasteiger partial charge on any atom is -0.366 e. The molecule has 2 amide bonds. The predicted molar refractivity (Wildman–Crippen MR) is 75.1 cm³/mol. The van der Waals surface area contributed by atoms with Crippen LogP contribution in [-0.4, -0.2) is 16.8 Å². The van der Waals surface area contributed by atoms with Gasteiger partial charge >= 0.3 is 0 Å². The van der Waals surface area contributed by atoms with E-state index in [1.165, 1.54) is 12.3 Å². The van der Waals surface area contributed by atoms with Crippen LogP contribution in [0.5, 0.6) is 0 Å². The SMILES string of the molecule is C[C@H](NC(=O)c1ncccc1C(N)=O)c1ccccc1. The smallest absolute Gasteiger partial charge is 0.271 e. The highest BCUT2D eigenvalue weighted by Crippen LogP contribution is 2.13. The zero-order valence-corrected chi connectivity index (χ0v) is 11.0. The number of pyridine rings is 1. The number of nitrogens with one attached hydrogen (secondary N) is 1. The average Bonchev–Trinajstić information content (AvgIpc) is 2.48. The molecule has 0 saturated heterocycles. The summed E-state index contributed by atoms with van der Waals surface area (Å²) >= 11 is 0. The van der Waals surface area contributed by atoms with Crippen molar-refractivity contribution in [2.75, 3.05) is 0 Å². The molecule has 2 aromatic rings. The Bertz CT molecular complexity index is 626. The topological polar surface area (TPSA) is 85.1 Å². The number of carbonyl (C=O) groups is 2. The van der Waals surface area contributed by atoms with Gasteiger partial charge in [0, 0.05) is 6.20 Å². The van der Waals surface area contributed by atoms with Crippen molar-refractivity contribution >= 4 is 11.8 Å². The van der Waals surface area contributed by atoms with E-state index in [-0.39, 0.29) is 17.3 Å². The molecular weight excluding hydrogens is 254 g/mol. The van der Waals surface area contributed by atoms with Gasteiger partial charge in [-0.25, -0.2) is 0 Å². The number of aromatic nitrogens is 1. The van der Waals surface area contributed by atoms with Crippen molar-refractivity contribution in [1.82, 2.24) is 10.3 Å². The van der Waals surface area contributed by atoms with Gasteiger partial charge in [-0.2, -0.15) is 0 Å². The van der Waals surface area contributed by atoms with Crippen molar-refractivity contribution in [3.05, 3.63) is 65.5 Å². The summed E-state index contributed by atoms with van der Waals surface area (Å²) in [6, 6.07) is 12.4. The Morgan fingerprint density at radius 1 is 1.15 bits per heavy atom. The van der Waals surface area contributed by atoms with Crippen molar-refractivity contribution in [2.24, 2.45) is 5.73 Å². The number of nitrogens with two attached hydrogens (primary N) is 1. The number of amides is 2. The Labute approximate surface area is 116 Å². The van der Waals surface area contributed by atoms with Crippen molar-refractivity contribution in [2.45, 2.75) is 13.0 Å². The second-order valence-corrected chi connectivity index (χ2v) is 4.37. The van der Waals surface area contributed by atoms with Crippen molar-refractivity contribution in [3.8, 4) is 0 Å². The molecule has 2 rings (SSSR count). The normalized spacial score (nSPS) is 11.7. The van der Waals surface area contributed by atoms with E-state index in [1.807, 2.05) is 37.3 Å². The van der Waals surface area contributed by atoms with Crippen molar-refractivity contribution in [1.29, 1.82) is 0 Å². The third kappa shape index (κ3) is 3.00. The molecule has 3 N–H and O–H groups in total. The molecule has 0 radical (unpaired) electrons. The molecule has 1 heterocycles. The fourth-order valence-electron chi connectivity index (χ4n) is 1.88. The fraction of sp³-hybridized carbons (Fsp3) is 0.133. The highest BCUT2D eigenvalue weighted by molar-refractivity contribution is 6.05. The Balaban J connectivity index is 2.19. The third-order valence-corrected chi connectivity index (χ3v) is 2.94. The first-order valence-electron chi connectivity index (χ1n) is 6.20. The van der Waals surface area contributed by atoms with Gasteiger partial charge in [-0.15, -0.1) is 0 Å². The summed E-state index contributed by atoms with van der Waals surface area (Å²) < 4.78 is 0. The summed E-state index contributed by atoms with van der Waals surface area (Å²) in [4.78, 5) is 27.4. The first-order valence-corrected chi connectivity index (χ1v) is 6.20. The molecule has 0 unspecified atom stereocenters. The molecule has 0 fully saturated rings. The number of benzene rings is 1. The molecule has 5 heteroatoms. The molecule has 0 bridgehead atoms. The highest BCUT2D eigenvalue weighted by Gasteiger charge is 2.18. The second-order valence-electron chi connectivity index (χ2n) is 4.37. The van der Waals surface area contributed by atoms with Crippen LogP contribution in [-0.2, 0) is 0 Å². The molecule has 0 spiro atoms. The van der Waals surface area contributed by atoms with Crippen LogP contribution < -0.4 is 11.1 Å². The van der Waals surface area contributed by atoms with Crippen LogP contribution >= 0.6 is 0 Å². The Morgan fingerprint density at radius 3 is 2.50 bits per heavy atom. The first-order chi connectivity index (χ1) is 9.59. The second kappa shape index (κ2) is 5.97. The quantitative estimate of drug-likeness (QED) is 0.885. The van der Waals surface area contributed by atoms with Gasteiger partial charge < -0.3 is 11.1 Å². The Morgan fingerprint density at radius 2 is 1.85 bits per heavy atom. The standard InChI is InChI=1S/C15H15N3O2/c1-10(11-6-3-2-4-7-11)18-15(20)13-12(14(16)19)8-5-9-17-13/h2-10H,1H3,(H2,16,19)(H,18,20)/t10-/m0/s1. The van der Waals surface area contributed by atoms with E-state index in [9.17, 15) is 9.59 Å². The largest absolute Gasteiger partial charge is 0.366 e. The number of hydrogen-bond donors (Lipinski definition) is 2. The zero-order valence-electron chi connectivity index (χ0n) is 11.0. The van der Waals surface area contributed by atoms with Crippen LogP contribution in [0.15, 0.2) is 48.7 Å².